The fourth-order valence-electron chi connectivity index (χ4n) is 2.15. The Balaban J connectivity index is 2.48. The van der Waals surface area contributed by atoms with Crippen molar-refractivity contribution in [2.75, 3.05) is 13.6 Å². The fraction of sp³-hybridized carbons (Fsp3) is 0.176. The molecule has 1 heteroatoms. The van der Waals surface area contributed by atoms with Gasteiger partial charge >= 0.3 is 0 Å². The average Bonchev–Trinajstić information content (AvgIpc) is 2.38. The van der Waals surface area contributed by atoms with E-state index in [1.54, 1.807) is 0 Å². The van der Waals surface area contributed by atoms with Crippen LogP contribution in [0.25, 0.3) is 16.3 Å². The minimum atomic E-state index is 0.851. The number of benzene rings is 2. The Morgan fingerprint density at radius 1 is 1.17 bits per heavy atom. The second kappa shape index (κ2) is 5.65. The quantitative estimate of drug-likeness (QED) is 0.794. The van der Waals surface area contributed by atoms with Gasteiger partial charge in [-0.2, -0.15) is 0 Å². The van der Waals surface area contributed by atoms with E-state index in [9.17, 15) is 0 Å². The summed E-state index contributed by atoms with van der Waals surface area (Å²) < 4.78 is 0. The van der Waals surface area contributed by atoms with E-state index < -0.39 is 0 Å². The van der Waals surface area contributed by atoms with Crippen LogP contribution in [0.3, 0.4) is 0 Å². The van der Waals surface area contributed by atoms with Gasteiger partial charge in [0, 0.05) is 6.54 Å². The molecule has 2 aromatic carbocycles. The van der Waals surface area contributed by atoms with Gasteiger partial charge in [-0.1, -0.05) is 54.6 Å². The minimum Gasteiger partial charge on any atom is -0.316 e. The Labute approximate surface area is 109 Å². The van der Waals surface area contributed by atoms with Crippen molar-refractivity contribution in [3.63, 3.8) is 0 Å². The number of fused-ring (bicyclic) bond motifs is 1. The molecule has 0 saturated heterocycles. The molecule has 0 bridgehead atoms. The van der Waals surface area contributed by atoms with Gasteiger partial charge in [0.15, 0.2) is 0 Å². The van der Waals surface area contributed by atoms with Crippen LogP contribution in [-0.2, 0) is 0 Å². The molecule has 92 valence electrons. The van der Waals surface area contributed by atoms with Crippen molar-refractivity contribution in [1.82, 2.24) is 5.32 Å². The van der Waals surface area contributed by atoms with E-state index in [2.05, 4.69) is 61.3 Å². The number of rotatable bonds is 4. The predicted molar refractivity (Wildman–Crippen MR) is 80.8 cm³/mol. The van der Waals surface area contributed by atoms with E-state index in [0.717, 1.165) is 6.54 Å². The van der Waals surface area contributed by atoms with E-state index in [-0.39, 0.29) is 0 Å². The molecule has 0 fully saturated rings. The van der Waals surface area contributed by atoms with Gasteiger partial charge in [-0.15, -0.1) is 0 Å². The molecular weight excluding hydrogens is 218 g/mol. The number of allylic oxidation sites excluding steroid dienone is 2. The Morgan fingerprint density at radius 3 is 2.61 bits per heavy atom. The maximum atomic E-state index is 3.78. The van der Waals surface area contributed by atoms with Crippen LogP contribution < -0.4 is 5.32 Å². The molecule has 0 aromatic heterocycles. The summed E-state index contributed by atoms with van der Waals surface area (Å²) in [7, 11) is 1.96. The van der Waals surface area contributed by atoms with E-state index in [0.29, 0.717) is 0 Å². The van der Waals surface area contributed by atoms with Crippen molar-refractivity contribution in [3.8, 4) is 0 Å². The van der Waals surface area contributed by atoms with Gasteiger partial charge in [0.25, 0.3) is 0 Å². The molecule has 0 radical (unpaired) electrons. The second-order valence-electron chi connectivity index (χ2n) is 4.52. The topological polar surface area (TPSA) is 12.0 Å². The molecule has 1 nitrogen and oxygen atoms in total. The molecule has 0 unspecified atom stereocenters. The van der Waals surface area contributed by atoms with Crippen LogP contribution in [0.5, 0.6) is 0 Å². The molecule has 0 spiro atoms. The van der Waals surface area contributed by atoms with E-state index in [1.807, 2.05) is 13.1 Å². The molecule has 18 heavy (non-hydrogen) atoms. The maximum absolute atomic E-state index is 3.78. The number of likely N-dealkylation sites (N-methyl/N-ethyl adjacent to an activating group) is 1. The monoisotopic (exact) mass is 237 g/mol. The SMILES string of the molecule is C=C/C=C(\CNC)c1ccc2cc(C)ccc2c1. The van der Waals surface area contributed by atoms with Gasteiger partial charge in [0.1, 0.15) is 0 Å². The first kappa shape index (κ1) is 12.6. The highest BCUT2D eigenvalue weighted by Crippen LogP contribution is 2.22. The first-order chi connectivity index (χ1) is 8.74. The molecule has 0 aliphatic rings. The summed E-state index contributed by atoms with van der Waals surface area (Å²) >= 11 is 0. The van der Waals surface area contributed by atoms with E-state index in [4.69, 9.17) is 0 Å². The van der Waals surface area contributed by atoms with Crippen molar-refractivity contribution in [3.05, 3.63) is 66.3 Å². The van der Waals surface area contributed by atoms with Crippen LogP contribution in [-0.4, -0.2) is 13.6 Å². The lowest BCUT2D eigenvalue weighted by molar-refractivity contribution is 0.931. The normalized spacial score (nSPS) is 11.8. The lowest BCUT2D eigenvalue weighted by Crippen LogP contribution is -2.09. The zero-order valence-corrected chi connectivity index (χ0v) is 11.0. The largest absolute Gasteiger partial charge is 0.316 e. The average molecular weight is 237 g/mol. The number of hydrogen-bond acceptors (Lipinski definition) is 1. The summed E-state index contributed by atoms with van der Waals surface area (Å²) in [6.45, 7) is 6.75. The fourth-order valence-corrected chi connectivity index (χ4v) is 2.15. The molecule has 1 N–H and O–H groups in total. The molecule has 2 aromatic rings. The molecule has 0 heterocycles. The summed E-state index contributed by atoms with van der Waals surface area (Å²) in [4.78, 5) is 0. The van der Waals surface area contributed by atoms with Gasteiger partial charge in [-0.25, -0.2) is 0 Å². The highest BCUT2D eigenvalue weighted by atomic mass is 14.8. The summed E-state index contributed by atoms with van der Waals surface area (Å²) in [5, 5.41) is 5.77. The Morgan fingerprint density at radius 2 is 1.89 bits per heavy atom. The van der Waals surface area contributed by atoms with Crippen molar-refractivity contribution < 1.29 is 0 Å². The van der Waals surface area contributed by atoms with Crippen molar-refractivity contribution >= 4 is 16.3 Å². The lowest BCUT2D eigenvalue weighted by atomic mass is 10.00. The van der Waals surface area contributed by atoms with Crippen LogP contribution in [0, 0.1) is 6.92 Å². The van der Waals surface area contributed by atoms with Crippen LogP contribution in [0.1, 0.15) is 11.1 Å². The van der Waals surface area contributed by atoms with Crippen molar-refractivity contribution in [2.24, 2.45) is 0 Å². The molecule has 0 aliphatic heterocycles. The standard InChI is InChI=1S/C17H19N/c1-4-5-17(12-18-3)16-9-8-14-10-13(2)6-7-15(14)11-16/h4-11,18H,1,12H2,2-3H3/b17-5+. The van der Waals surface area contributed by atoms with E-state index >= 15 is 0 Å². The zero-order valence-electron chi connectivity index (χ0n) is 11.0. The Kier molecular flexibility index (Phi) is 3.96. The predicted octanol–water partition coefficient (Wildman–Crippen LogP) is 3.94. The summed E-state index contributed by atoms with van der Waals surface area (Å²) in [6.07, 6.45) is 3.90. The van der Waals surface area contributed by atoms with Crippen molar-refractivity contribution in [1.29, 1.82) is 0 Å². The van der Waals surface area contributed by atoms with Gasteiger partial charge in [0.2, 0.25) is 0 Å². The van der Waals surface area contributed by atoms with Crippen LogP contribution in [0.2, 0.25) is 0 Å². The summed E-state index contributed by atoms with van der Waals surface area (Å²) in [6, 6.07) is 13.1. The number of aryl methyl sites for hydroxylation is 1. The van der Waals surface area contributed by atoms with Crippen LogP contribution in [0.4, 0.5) is 0 Å². The number of nitrogens with one attached hydrogen (secondary N) is 1. The van der Waals surface area contributed by atoms with Crippen molar-refractivity contribution in [2.45, 2.75) is 6.92 Å². The molecular formula is C17H19N. The third kappa shape index (κ3) is 2.69. The lowest BCUT2D eigenvalue weighted by Gasteiger charge is -2.08. The molecule has 0 amide bonds. The smallest absolute Gasteiger partial charge is 0.0208 e. The molecule has 0 saturated carbocycles. The number of hydrogen-bond donors (Lipinski definition) is 1. The van der Waals surface area contributed by atoms with Gasteiger partial charge < -0.3 is 5.32 Å². The third-order valence-electron chi connectivity index (χ3n) is 3.05. The maximum Gasteiger partial charge on any atom is 0.0208 e. The molecule has 0 atom stereocenters. The van der Waals surface area contributed by atoms with Crippen LogP contribution in [0.15, 0.2) is 55.1 Å². The minimum absolute atomic E-state index is 0.851. The first-order valence-electron chi connectivity index (χ1n) is 6.21. The van der Waals surface area contributed by atoms with Crippen LogP contribution >= 0.6 is 0 Å². The van der Waals surface area contributed by atoms with Gasteiger partial charge in [0.05, 0.1) is 0 Å². The highest BCUT2D eigenvalue weighted by Gasteiger charge is 2.01. The first-order valence-corrected chi connectivity index (χ1v) is 6.21. The molecule has 2 rings (SSSR count). The summed E-state index contributed by atoms with van der Waals surface area (Å²) in [5.41, 5.74) is 3.81. The van der Waals surface area contributed by atoms with Gasteiger partial charge in [-0.3, -0.25) is 0 Å². The second-order valence-corrected chi connectivity index (χ2v) is 4.52. The molecule has 0 aliphatic carbocycles. The third-order valence-corrected chi connectivity index (χ3v) is 3.05. The Hall–Kier alpha value is -1.86. The summed E-state index contributed by atoms with van der Waals surface area (Å²) in [5.74, 6) is 0. The zero-order chi connectivity index (χ0) is 13.0. The van der Waals surface area contributed by atoms with Gasteiger partial charge in [-0.05, 0) is 41.9 Å². The Bertz CT molecular complexity index is 594. The highest BCUT2D eigenvalue weighted by molar-refractivity contribution is 5.87. The van der Waals surface area contributed by atoms with E-state index in [1.165, 1.54) is 27.5 Å².